The minimum absolute atomic E-state index is 0.0464. The summed E-state index contributed by atoms with van der Waals surface area (Å²) in [7, 11) is 0. The predicted molar refractivity (Wildman–Crippen MR) is 89.4 cm³/mol. The van der Waals surface area contributed by atoms with Gasteiger partial charge in [0.25, 0.3) is 0 Å². The second kappa shape index (κ2) is 6.83. The minimum Gasteiger partial charge on any atom is -0.353 e. The predicted octanol–water partition coefficient (Wildman–Crippen LogP) is 2.88. The first-order chi connectivity index (χ1) is 10.6. The van der Waals surface area contributed by atoms with Crippen molar-refractivity contribution in [3.8, 4) is 0 Å². The summed E-state index contributed by atoms with van der Waals surface area (Å²) in [6, 6.07) is 4.87. The molecule has 1 amide bonds. The normalized spacial score (nSPS) is 14.5. The zero-order valence-electron chi connectivity index (χ0n) is 12.8. The zero-order valence-corrected chi connectivity index (χ0v) is 14.4. The molecule has 2 aromatic rings. The molecule has 22 heavy (non-hydrogen) atoms. The van der Waals surface area contributed by atoms with Crippen LogP contribution in [0.4, 0.5) is 0 Å². The van der Waals surface area contributed by atoms with Gasteiger partial charge in [-0.1, -0.05) is 17.8 Å². The number of rotatable bonds is 7. The van der Waals surface area contributed by atoms with Crippen LogP contribution in [0.1, 0.15) is 43.4 Å². The molecule has 1 saturated carbocycles. The fourth-order valence-electron chi connectivity index (χ4n) is 2.29. The van der Waals surface area contributed by atoms with Crippen molar-refractivity contribution in [2.45, 2.75) is 50.4 Å². The van der Waals surface area contributed by atoms with E-state index in [2.05, 4.69) is 37.6 Å². The molecule has 0 saturated heterocycles. The lowest BCUT2D eigenvalue weighted by Gasteiger charge is -2.09. The third-order valence-corrected chi connectivity index (χ3v) is 5.16. The van der Waals surface area contributed by atoms with Gasteiger partial charge in [-0.15, -0.1) is 21.5 Å². The summed E-state index contributed by atoms with van der Waals surface area (Å²) in [4.78, 5) is 13.1. The standard InChI is InChI=1S/C15H20N4OS2/c1-10(2)16-14(20)9-22-15-18-17-13(19(15)11-5-6-11)8-12-4-3-7-21-12/h3-4,7,10-11H,5-6,8-9H2,1-2H3,(H,16,20). The maximum absolute atomic E-state index is 11.8. The Morgan fingerprint density at radius 2 is 2.32 bits per heavy atom. The van der Waals surface area contributed by atoms with Gasteiger partial charge in [0.2, 0.25) is 5.91 Å². The highest BCUT2D eigenvalue weighted by molar-refractivity contribution is 7.99. The van der Waals surface area contributed by atoms with Crippen LogP contribution in [0, 0.1) is 0 Å². The Morgan fingerprint density at radius 3 is 2.95 bits per heavy atom. The molecule has 7 heteroatoms. The topological polar surface area (TPSA) is 59.8 Å². The van der Waals surface area contributed by atoms with Gasteiger partial charge in [-0.2, -0.15) is 0 Å². The van der Waals surface area contributed by atoms with Gasteiger partial charge in [0.1, 0.15) is 5.82 Å². The number of hydrogen-bond acceptors (Lipinski definition) is 5. The molecule has 2 aromatic heterocycles. The van der Waals surface area contributed by atoms with E-state index >= 15 is 0 Å². The number of thioether (sulfide) groups is 1. The minimum atomic E-state index is 0.0464. The third kappa shape index (κ3) is 3.89. The Hall–Kier alpha value is -1.34. The van der Waals surface area contributed by atoms with E-state index in [-0.39, 0.29) is 11.9 Å². The van der Waals surface area contributed by atoms with E-state index in [9.17, 15) is 4.79 Å². The number of aromatic nitrogens is 3. The van der Waals surface area contributed by atoms with Crippen molar-refractivity contribution < 1.29 is 4.79 Å². The average Bonchev–Trinajstić information content (AvgIpc) is 3.01. The van der Waals surface area contributed by atoms with E-state index in [0.717, 1.165) is 17.4 Å². The lowest BCUT2D eigenvalue weighted by molar-refractivity contribution is -0.119. The molecule has 3 rings (SSSR count). The summed E-state index contributed by atoms with van der Waals surface area (Å²) in [5.41, 5.74) is 0. The average molecular weight is 336 g/mol. The lowest BCUT2D eigenvalue weighted by atomic mass is 10.3. The molecule has 0 bridgehead atoms. The molecule has 0 spiro atoms. The van der Waals surface area contributed by atoms with Gasteiger partial charge in [-0.25, -0.2) is 0 Å². The molecule has 0 unspecified atom stereocenters. The molecule has 1 N–H and O–H groups in total. The van der Waals surface area contributed by atoms with Crippen molar-refractivity contribution in [3.63, 3.8) is 0 Å². The van der Waals surface area contributed by atoms with Crippen LogP contribution in [0.2, 0.25) is 0 Å². The van der Waals surface area contributed by atoms with Crippen molar-refractivity contribution in [3.05, 3.63) is 28.2 Å². The molecule has 2 heterocycles. The highest BCUT2D eigenvalue weighted by atomic mass is 32.2. The number of carbonyl (C=O) groups excluding carboxylic acids is 1. The van der Waals surface area contributed by atoms with Crippen LogP contribution in [0.3, 0.4) is 0 Å². The summed E-state index contributed by atoms with van der Waals surface area (Å²) in [6.45, 7) is 3.93. The highest BCUT2D eigenvalue weighted by Gasteiger charge is 2.29. The summed E-state index contributed by atoms with van der Waals surface area (Å²) < 4.78 is 2.23. The Labute approximate surface area is 138 Å². The van der Waals surface area contributed by atoms with Crippen molar-refractivity contribution in [2.24, 2.45) is 0 Å². The van der Waals surface area contributed by atoms with E-state index in [1.807, 2.05) is 13.8 Å². The van der Waals surface area contributed by atoms with E-state index in [1.54, 1.807) is 11.3 Å². The fraction of sp³-hybridized carbons (Fsp3) is 0.533. The number of nitrogens with zero attached hydrogens (tertiary/aromatic N) is 3. The first-order valence-electron chi connectivity index (χ1n) is 7.52. The van der Waals surface area contributed by atoms with E-state index in [1.165, 1.54) is 29.5 Å². The highest BCUT2D eigenvalue weighted by Crippen LogP contribution is 2.39. The van der Waals surface area contributed by atoms with Gasteiger partial charge in [-0.05, 0) is 38.1 Å². The Bertz CT molecular complexity index is 632. The van der Waals surface area contributed by atoms with E-state index in [4.69, 9.17) is 0 Å². The second-order valence-electron chi connectivity index (χ2n) is 5.77. The van der Waals surface area contributed by atoms with Gasteiger partial charge in [-0.3, -0.25) is 4.79 Å². The van der Waals surface area contributed by atoms with Crippen LogP contribution < -0.4 is 5.32 Å². The molecule has 0 aliphatic heterocycles. The fourth-order valence-corrected chi connectivity index (χ4v) is 3.83. The summed E-state index contributed by atoms with van der Waals surface area (Å²) in [5, 5.41) is 14.5. The molecule has 1 aliphatic rings. The van der Waals surface area contributed by atoms with Gasteiger partial charge in [0.15, 0.2) is 5.16 Å². The molecular weight excluding hydrogens is 316 g/mol. The third-order valence-electron chi connectivity index (χ3n) is 3.34. The largest absolute Gasteiger partial charge is 0.353 e. The molecule has 1 fully saturated rings. The number of hydrogen-bond donors (Lipinski definition) is 1. The maximum Gasteiger partial charge on any atom is 0.230 e. The van der Waals surface area contributed by atoms with Crippen molar-refractivity contribution in [2.75, 3.05) is 5.75 Å². The molecule has 0 radical (unpaired) electrons. The Balaban J connectivity index is 1.69. The van der Waals surface area contributed by atoms with Crippen molar-refractivity contribution in [1.29, 1.82) is 0 Å². The second-order valence-corrected chi connectivity index (χ2v) is 7.74. The maximum atomic E-state index is 11.8. The Kier molecular flexibility index (Phi) is 4.83. The molecular formula is C15H20N4OS2. The molecule has 0 aromatic carbocycles. The summed E-state index contributed by atoms with van der Waals surface area (Å²) in [6.07, 6.45) is 3.18. The van der Waals surface area contributed by atoms with Gasteiger partial charge in [0, 0.05) is 23.4 Å². The molecule has 118 valence electrons. The van der Waals surface area contributed by atoms with Crippen LogP contribution >= 0.6 is 23.1 Å². The van der Waals surface area contributed by atoms with Crippen molar-refractivity contribution >= 4 is 29.0 Å². The quantitative estimate of drug-likeness (QED) is 0.790. The van der Waals surface area contributed by atoms with Crippen LogP contribution in [-0.4, -0.2) is 32.5 Å². The molecule has 0 atom stereocenters. The molecule has 5 nitrogen and oxygen atoms in total. The van der Waals surface area contributed by atoms with E-state index in [0.29, 0.717) is 11.8 Å². The number of thiophene rings is 1. The van der Waals surface area contributed by atoms with Crippen molar-refractivity contribution in [1.82, 2.24) is 20.1 Å². The summed E-state index contributed by atoms with van der Waals surface area (Å²) >= 11 is 3.22. The molecule has 1 aliphatic carbocycles. The van der Waals surface area contributed by atoms with Crippen LogP contribution in [0.5, 0.6) is 0 Å². The van der Waals surface area contributed by atoms with Gasteiger partial charge >= 0.3 is 0 Å². The first kappa shape index (κ1) is 15.6. The van der Waals surface area contributed by atoms with Crippen LogP contribution in [0.15, 0.2) is 22.7 Å². The van der Waals surface area contributed by atoms with Crippen LogP contribution in [0.25, 0.3) is 0 Å². The SMILES string of the molecule is CC(C)NC(=O)CSc1nnc(Cc2cccs2)n1C1CC1. The van der Waals surface area contributed by atoms with Gasteiger partial charge < -0.3 is 9.88 Å². The first-order valence-corrected chi connectivity index (χ1v) is 9.38. The lowest BCUT2D eigenvalue weighted by Crippen LogP contribution is -2.31. The monoisotopic (exact) mass is 336 g/mol. The van der Waals surface area contributed by atoms with E-state index < -0.39 is 0 Å². The number of carbonyl (C=O) groups is 1. The Morgan fingerprint density at radius 1 is 1.50 bits per heavy atom. The summed E-state index contributed by atoms with van der Waals surface area (Å²) in [5.74, 6) is 1.45. The number of nitrogens with one attached hydrogen (secondary N) is 1. The zero-order chi connectivity index (χ0) is 15.5. The smallest absolute Gasteiger partial charge is 0.230 e. The number of amides is 1. The van der Waals surface area contributed by atoms with Gasteiger partial charge in [0.05, 0.1) is 5.75 Å². The van der Waals surface area contributed by atoms with Crippen LogP contribution in [-0.2, 0) is 11.2 Å².